The van der Waals surface area contributed by atoms with Gasteiger partial charge in [-0.25, -0.2) is 0 Å². The lowest BCUT2D eigenvalue weighted by Gasteiger charge is -2.44. The van der Waals surface area contributed by atoms with Crippen LogP contribution in [0.1, 0.15) is 64.7 Å². The topological polar surface area (TPSA) is 52.6 Å². The minimum atomic E-state index is -0.734. The SMILES string of the molecule is CCC(CCCN1CCC[C@H]2CCCC[C@H]21)(NC)C(=O)O. The summed E-state index contributed by atoms with van der Waals surface area (Å²) in [5, 5.41) is 12.5. The number of carboxylic acids is 1. The maximum atomic E-state index is 11.5. The normalized spacial score (nSPS) is 29.6. The number of aliphatic carboxylic acids is 1. The second-order valence-electron chi connectivity index (χ2n) is 6.88. The number of hydrogen-bond acceptors (Lipinski definition) is 3. The van der Waals surface area contributed by atoms with E-state index in [1.165, 1.54) is 45.1 Å². The van der Waals surface area contributed by atoms with Gasteiger partial charge in [0, 0.05) is 6.04 Å². The number of nitrogens with zero attached hydrogens (tertiary/aromatic N) is 1. The molecule has 0 spiro atoms. The van der Waals surface area contributed by atoms with Gasteiger partial charge < -0.3 is 15.3 Å². The largest absolute Gasteiger partial charge is 0.480 e. The maximum Gasteiger partial charge on any atom is 0.323 e. The van der Waals surface area contributed by atoms with E-state index in [1.54, 1.807) is 7.05 Å². The monoisotopic (exact) mass is 296 g/mol. The molecule has 2 fully saturated rings. The molecule has 2 N–H and O–H groups in total. The van der Waals surface area contributed by atoms with E-state index in [0.717, 1.165) is 31.3 Å². The highest BCUT2D eigenvalue weighted by Crippen LogP contribution is 2.35. The smallest absolute Gasteiger partial charge is 0.323 e. The molecule has 4 heteroatoms. The fourth-order valence-corrected chi connectivity index (χ4v) is 4.43. The quantitative estimate of drug-likeness (QED) is 0.758. The first-order valence-corrected chi connectivity index (χ1v) is 8.79. The molecule has 0 radical (unpaired) electrons. The summed E-state index contributed by atoms with van der Waals surface area (Å²) in [7, 11) is 1.77. The summed E-state index contributed by atoms with van der Waals surface area (Å²) < 4.78 is 0. The minimum absolute atomic E-state index is 0.644. The third-order valence-corrected chi connectivity index (χ3v) is 5.90. The summed E-state index contributed by atoms with van der Waals surface area (Å²) in [6, 6.07) is 0.781. The van der Waals surface area contributed by atoms with Crippen LogP contribution in [0, 0.1) is 5.92 Å². The summed E-state index contributed by atoms with van der Waals surface area (Å²) in [6.45, 7) is 4.24. The van der Waals surface area contributed by atoms with Crippen LogP contribution in [-0.2, 0) is 4.79 Å². The highest BCUT2D eigenvalue weighted by atomic mass is 16.4. The molecule has 1 unspecified atom stereocenters. The first-order chi connectivity index (χ1) is 10.1. The van der Waals surface area contributed by atoms with E-state index in [4.69, 9.17) is 0 Å². The van der Waals surface area contributed by atoms with Crippen molar-refractivity contribution in [3.05, 3.63) is 0 Å². The minimum Gasteiger partial charge on any atom is -0.480 e. The molecule has 2 rings (SSSR count). The number of hydrogen-bond donors (Lipinski definition) is 2. The molecule has 122 valence electrons. The Kier molecular flexibility index (Phi) is 6.06. The molecule has 1 saturated carbocycles. The molecule has 0 aromatic carbocycles. The van der Waals surface area contributed by atoms with Crippen molar-refractivity contribution in [2.45, 2.75) is 76.3 Å². The molecule has 1 heterocycles. The molecular formula is C17H32N2O2. The first-order valence-electron chi connectivity index (χ1n) is 8.79. The Labute approximate surface area is 129 Å². The highest BCUT2D eigenvalue weighted by molar-refractivity contribution is 5.78. The van der Waals surface area contributed by atoms with Gasteiger partial charge >= 0.3 is 5.97 Å². The van der Waals surface area contributed by atoms with Gasteiger partial charge in [-0.15, -0.1) is 0 Å². The van der Waals surface area contributed by atoms with Gasteiger partial charge in [-0.3, -0.25) is 4.79 Å². The molecule has 2 aliphatic rings. The number of likely N-dealkylation sites (N-methyl/N-ethyl adjacent to an activating group) is 1. The summed E-state index contributed by atoms with van der Waals surface area (Å²) in [5.74, 6) is 0.203. The predicted octanol–water partition coefficient (Wildman–Crippen LogP) is 2.87. The molecule has 21 heavy (non-hydrogen) atoms. The van der Waals surface area contributed by atoms with Crippen LogP contribution in [0.5, 0.6) is 0 Å². The first kappa shape index (κ1) is 16.8. The van der Waals surface area contributed by atoms with Gasteiger partial charge in [-0.2, -0.15) is 0 Å². The molecule has 0 amide bonds. The van der Waals surface area contributed by atoms with Gasteiger partial charge in [0.15, 0.2) is 0 Å². The predicted molar refractivity (Wildman–Crippen MR) is 85.5 cm³/mol. The van der Waals surface area contributed by atoms with E-state index < -0.39 is 11.5 Å². The van der Waals surface area contributed by atoms with Crippen molar-refractivity contribution >= 4 is 5.97 Å². The average molecular weight is 296 g/mol. The highest BCUT2D eigenvalue weighted by Gasteiger charge is 2.36. The number of fused-ring (bicyclic) bond motifs is 1. The van der Waals surface area contributed by atoms with Crippen molar-refractivity contribution in [2.75, 3.05) is 20.1 Å². The van der Waals surface area contributed by atoms with Crippen LogP contribution in [0.25, 0.3) is 0 Å². The zero-order valence-electron chi connectivity index (χ0n) is 13.7. The van der Waals surface area contributed by atoms with Crippen LogP contribution in [-0.4, -0.2) is 47.7 Å². The lowest BCUT2D eigenvalue weighted by Crippen LogP contribution is -2.51. The summed E-state index contributed by atoms with van der Waals surface area (Å²) >= 11 is 0. The van der Waals surface area contributed by atoms with Crippen molar-refractivity contribution in [3.8, 4) is 0 Å². The molecule has 0 aromatic rings. The van der Waals surface area contributed by atoms with Crippen molar-refractivity contribution in [3.63, 3.8) is 0 Å². The van der Waals surface area contributed by atoms with Crippen molar-refractivity contribution in [1.29, 1.82) is 0 Å². The lowest BCUT2D eigenvalue weighted by atomic mass is 9.78. The molecule has 1 aliphatic heterocycles. The van der Waals surface area contributed by atoms with Gasteiger partial charge in [-0.1, -0.05) is 19.8 Å². The Morgan fingerprint density at radius 3 is 2.67 bits per heavy atom. The van der Waals surface area contributed by atoms with E-state index in [0.29, 0.717) is 6.42 Å². The van der Waals surface area contributed by atoms with E-state index in [2.05, 4.69) is 10.2 Å². The van der Waals surface area contributed by atoms with Crippen LogP contribution < -0.4 is 5.32 Å². The van der Waals surface area contributed by atoms with Gasteiger partial charge in [0.25, 0.3) is 0 Å². The van der Waals surface area contributed by atoms with E-state index >= 15 is 0 Å². The Balaban J connectivity index is 1.85. The molecule has 1 saturated heterocycles. The van der Waals surface area contributed by atoms with Crippen LogP contribution >= 0.6 is 0 Å². The molecule has 3 atom stereocenters. The van der Waals surface area contributed by atoms with Gasteiger partial charge in [0.1, 0.15) is 5.54 Å². The number of piperidine rings is 1. The number of nitrogens with one attached hydrogen (secondary N) is 1. The summed E-state index contributed by atoms with van der Waals surface area (Å²) in [4.78, 5) is 14.2. The molecule has 4 nitrogen and oxygen atoms in total. The van der Waals surface area contributed by atoms with Crippen molar-refractivity contribution in [2.24, 2.45) is 5.92 Å². The van der Waals surface area contributed by atoms with Gasteiger partial charge in [-0.05, 0) is 71.0 Å². The second-order valence-corrected chi connectivity index (χ2v) is 6.88. The van der Waals surface area contributed by atoms with Gasteiger partial charge in [0.2, 0.25) is 0 Å². The Morgan fingerprint density at radius 1 is 1.29 bits per heavy atom. The lowest BCUT2D eigenvalue weighted by molar-refractivity contribution is -0.145. The van der Waals surface area contributed by atoms with Crippen LogP contribution in [0.4, 0.5) is 0 Å². The molecule has 0 aromatic heterocycles. The molecular weight excluding hydrogens is 264 g/mol. The van der Waals surface area contributed by atoms with Crippen LogP contribution in [0.3, 0.4) is 0 Å². The number of carbonyl (C=O) groups is 1. The average Bonchev–Trinajstić information content (AvgIpc) is 2.52. The fraction of sp³-hybridized carbons (Fsp3) is 0.941. The van der Waals surface area contributed by atoms with Crippen LogP contribution in [0.2, 0.25) is 0 Å². The standard InChI is InChI=1S/C17H32N2O2/c1-3-17(18-2,16(20)21)11-7-13-19-12-6-9-14-8-4-5-10-15(14)19/h14-15,18H,3-13H2,1-2H3,(H,20,21)/t14-,15-,17?/m1/s1. The number of carboxylic acid groups (broad SMARTS) is 1. The number of rotatable bonds is 7. The maximum absolute atomic E-state index is 11.5. The number of likely N-dealkylation sites (tertiary alicyclic amines) is 1. The fourth-order valence-electron chi connectivity index (χ4n) is 4.43. The van der Waals surface area contributed by atoms with Crippen molar-refractivity contribution in [1.82, 2.24) is 10.2 Å². The van der Waals surface area contributed by atoms with E-state index in [1.807, 2.05) is 6.92 Å². The molecule has 1 aliphatic carbocycles. The molecule has 0 bridgehead atoms. The van der Waals surface area contributed by atoms with Crippen LogP contribution in [0.15, 0.2) is 0 Å². The Bertz CT molecular complexity index is 340. The summed E-state index contributed by atoms with van der Waals surface area (Å²) in [5.41, 5.74) is -0.734. The zero-order chi connectivity index (χ0) is 15.3. The Morgan fingerprint density at radius 2 is 2.00 bits per heavy atom. The van der Waals surface area contributed by atoms with Gasteiger partial charge in [0.05, 0.1) is 0 Å². The summed E-state index contributed by atoms with van der Waals surface area (Å²) in [6.07, 6.45) is 10.6. The van der Waals surface area contributed by atoms with Crippen molar-refractivity contribution < 1.29 is 9.90 Å². The van der Waals surface area contributed by atoms with E-state index in [9.17, 15) is 9.90 Å². The third-order valence-electron chi connectivity index (χ3n) is 5.90. The zero-order valence-corrected chi connectivity index (χ0v) is 13.7. The Hall–Kier alpha value is -0.610. The second kappa shape index (κ2) is 7.59. The van der Waals surface area contributed by atoms with E-state index in [-0.39, 0.29) is 0 Å². The third kappa shape index (κ3) is 3.78.